The number of nitrogen functional groups attached to an aromatic ring is 1. The third-order valence-electron chi connectivity index (χ3n) is 3.35. The van der Waals surface area contributed by atoms with Crippen molar-refractivity contribution in [1.82, 2.24) is 10.1 Å². The fourth-order valence-corrected chi connectivity index (χ4v) is 2.39. The number of nitrogens with two attached hydrogens (primary N) is 1. The van der Waals surface area contributed by atoms with Crippen molar-refractivity contribution >= 4 is 17.5 Å². The summed E-state index contributed by atoms with van der Waals surface area (Å²) in [6, 6.07) is 4.60. The van der Waals surface area contributed by atoms with Crippen LogP contribution in [0.3, 0.4) is 0 Å². The van der Waals surface area contributed by atoms with Crippen molar-refractivity contribution in [2.45, 2.75) is 12.6 Å². The first-order chi connectivity index (χ1) is 10.1. The van der Waals surface area contributed by atoms with E-state index in [0.717, 1.165) is 10.1 Å². The van der Waals surface area contributed by atoms with Gasteiger partial charge in [-0.2, -0.15) is 0 Å². The molecule has 0 aromatic heterocycles. The van der Waals surface area contributed by atoms with Crippen LogP contribution in [0.5, 0.6) is 0 Å². The zero-order valence-electron chi connectivity index (χ0n) is 11.2. The number of carbonyl (C=O) groups is 2. The summed E-state index contributed by atoms with van der Waals surface area (Å²) >= 11 is 0. The van der Waals surface area contributed by atoms with E-state index in [2.05, 4.69) is 0 Å². The molecular weight excluding hydrogens is 278 g/mol. The molecule has 1 aromatic carbocycles. The van der Waals surface area contributed by atoms with Gasteiger partial charge in [-0.1, -0.05) is 5.23 Å². The maximum absolute atomic E-state index is 12.4. The molecule has 2 amide bonds. The van der Waals surface area contributed by atoms with E-state index in [-0.39, 0.29) is 18.7 Å². The van der Waals surface area contributed by atoms with Gasteiger partial charge in [0.15, 0.2) is 6.23 Å². The number of hydrogen-bond donors (Lipinski definition) is 2. The second-order valence-corrected chi connectivity index (χ2v) is 4.75. The molecule has 3 rings (SSSR count). The van der Waals surface area contributed by atoms with E-state index in [1.165, 1.54) is 12.1 Å². The first-order valence-corrected chi connectivity index (χ1v) is 6.57. The number of β-amino-alcohol motifs (C(OH)–C–C–N with tert-alkyl or cyclic N) is 1. The van der Waals surface area contributed by atoms with E-state index in [1.807, 2.05) is 0 Å². The quantitative estimate of drug-likeness (QED) is 0.585. The van der Waals surface area contributed by atoms with Crippen LogP contribution >= 0.6 is 0 Å². The number of imide groups is 1. The lowest BCUT2D eigenvalue weighted by Gasteiger charge is -2.34. The predicted molar refractivity (Wildman–Crippen MR) is 70.6 cm³/mol. The van der Waals surface area contributed by atoms with Crippen molar-refractivity contribution in [3.63, 3.8) is 0 Å². The summed E-state index contributed by atoms with van der Waals surface area (Å²) in [5.41, 5.74) is 6.68. The van der Waals surface area contributed by atoms with Crippen molar-refractivity contribution in [3.8, 4) is 0 Å². The highest BCUT2D eigenvalue weighted by Gasteiger charge is 2.42. The van der Waals surface area contributed by atoms with Crippen LogP contribution < -0.4 is 5.73 Å². The van der Waals surface area contributed by atoms with Gasteiger partial charge >= 0.3 is 0 Å². The lowest BCUT2D eigenvalue weighted by atomic mass is 10.1. The third kappa shape index (κ3) is 2.38. The van der Waals surface area contributed by atoms with E-state index >= 15 is 0 Å². The van der Waals surface area contributed by atoms with Gasteiger partial charge in [-0.3, -0.25) is 14.4 Å². The van der Waals surface area contributed by atoms with E-state index in [9.17, 15) is 9.59 Å². The van der Waals surface area contributed by atoms with Gasteiger partial charge in [0.2, 0.25) is 0 Å². The second-order valence-electron chi connectivity index (χ2n) is 4.75. The number of fused-ring (bicyclic) bond motifs is 1. The van der Waals surface area contributed by atoms with Crippen LogP contribution in [0.1, 0.15) is 27.1 Å². The predicted octanol–water partition coefficient (Wildman–Crippen LogP) is -0.248. The molecule has 3 N–H and O–H groups in total. The van der Waals surface area contributed by atoms with Crippen molar-refractivity contribution in [2.24, 2.45) is 0 Å². The maximum Gasteiger partial charge on any atom is 0.263 e. The number of nitrogens with zero attached hydrogens (tertiary/aromatic N) is 2. The first-order valence-electron chi connectivity index (χ1n) is 6.57. The number of amides is 2. The Balaban J connectivity index is 1.84. The van der Waals surface area contributed by atoms with Crippen LogP contribution in [0.15, 0.2) is 18.2 Å². The zero-order valence-corrected chi connectivity index (χ0v) is 11.2. The van der Waals surface area contributed by atoms with Gasteiger partial charge in [-0.05, 0) is 18.2 Å². The SMILES string of the molecule is Nc1ccc2c(c1)C(=O)N(C1CCON(CCO)O1)C2=O. The van der Waals surface area contributed by atoms with Gasteiger partial charge in [-0.25, -0.2) is 9.74 Å². The van der Waals surface area contributed by atoms with E-state index in [0.29, 0.717) is 24.3 Å². The smallest absolute Gasteiger partial charge is 0.263 e. The molecule has 2 heterocycles. The molecule has 0 bridgehead atoms. The summed E-state index contributed by atoms with van der Waals surface area (Å²) in [4.78, 5) is 36.4. The molecule has 0 aliphatic carbocycles. The van der Waals surface area contributed by atoms with E-state index in [4.69, 9.17) is 20.5 Å². The molecule has 0 saturated carbocycles. The Bertz CT molecular complexity index is 589. The van der Waals surface area contributed by atoms with Gasteiger partial charge in [0.05, 0.1) is 30.9 Å². The van der Waals surface area contributed by atoms with Crippen molar-refractivity contribution in [1.29, 1.82) is 0 Å². The molecule has 0 radical (unpaired) electrons. The Hall–Kier alpha value is -2.00. The molecular formula is C13H15N3O5. The highest BCUT2D eigenvalue weighted by atomic mass is 17.0. The number of benzene rings is 1. The van der Waals surface area contributed by atoms with E-state index < -0.39 is 18.0 Å². The van der Waals surface area contributed by atoms with Crippen LogP contribution in [0.25, 0.3) is 0 Å². The molecule has 8 heteroatoms. The summed E-state index contributed by atoms with van der Waals surface area (Å²) in [6.07, 6.45) is -0.387. The number of carbonyl (C=O) groups excluding carboxylic acids is 2. The lowest BCUT2D eigenvalue weighted by molar-refractivity contribution is -0.425. The summed E-state index contributed by atoms with van der Waals surface area (Å²) in [5.74, 6) is -0.844. The summed E-state index contributed by atoms with van der Waals surface area (Å²) in [6.45, 7) is 0.262. The van der Waals surface area contributed by atoms with Crippen LogP contribution in [0.4, 0.5) is 5.69 Å². The Morgan fingerprint density at radius 2 is 2.05 bits per heavy atom. The number of hydroxylamine groups is 2. The number of aliphatic hydroxyl groups is 1. The highest BCUT2D eigenvalue weighted by molar-refractivity contribution is 6.21. The van der Waals surface area contributed by atoms with Gasteiger partial charge < -0.3 is 10.8 Å². The molecule has 0 spiro atoms. The van der Waals surface area contributed by atoms with Crippen LogP contribution in [-0.2, 0) is 9.68 Å². The Morgan fingerprint density at radius 3 is 2.81 bits per heavy atom. The van der Waals surface area contributed by atoms with Gasteiger partial charge in [0.25, 0.3) is 11.8 Å². The second kappa shape index (κ2) is 5.41. The minimum Gasteiger partial charge on any atom is -0.399 e. The van der Waals surface area contributed by atoms with Gasteiger partial charge in [0.1, 0.15) is 0 Å². The van der Waals surface area contributed by atoms with Crippen LogP contribution in [0.2, 0.25) is 0 Å². The lowest BCUT2D eigenvalue weighted by Crippen LogP contribution is -2.49. The minimum atomic E-state index is -0.751. The monoisotopic (exact) mass is 293 g/mol. The average molecular weight is 293 g/mol. The Labute approximate surface area is 120 Å². The van der Waals surface area contributed by atoms with E-state index in [1.54, 1.807) is 6.07 Å². The Morgan fingerprint density at radius 1 is 1.29 bits per heavy atom. The molecule has 1 aromatic rings. The standard InChI is InChI=1S/C13H15N3O5/c14-8-1-2-9-10(7-8)13(19)16(12(9)18)11-3-6-20-15(21-11)4-5-17/h1-2,7,11,17H,3-6,14H2. The Kier molecular flexibility index (Phi) is 3.60. The number of anilines is 1. The topological polar surface area (TPSA) is 105 Å². The minimum absolute atomic E-state index is 0.132. The maximum atomic E-state index is 12.4. The molecule has 1 saturated heterocycles. The molecule has 8 nitrogen and oxygen atoms in total. The largest absolute Gasteiger partial charge is 0.399 e. The summed E-state index contributed by atoms with van der Waals surface area (Å²) in [7, 11) is 0. The number of aliphatic hydroxyl groups excluding tert-OH is 1. The molecule has 2 aliphatic heterocycles. The fourth-order valence-electron chi connectivity index (χ4n) is 2.39. The average Bonchev–Trinajstić information content (AvgIpc) is 2.71. The first kappa shape index (κ1) is 14.0. The highest BCUT2D eigenvalue weighted by Crippen LogP contribution is 2.29. The van der Waals surface area contributed by atoms with Crippen molar-refractivity contribution in [3.05, 3.63) is 29.3 Å². The van der Waals surface area contributed by atoms with Crippen LogP contribution in [0, 0.1) is 0 Å². The molecule has 2 aliphatic rings. The summed E-state index contributed by atoms with van der Waals surface area (Å²) in [5, 5.41) is 9.97. The van der Waals surface area contributed by atoms with Crippen molar-refractivity contribution < 1.29 is 24.4 Å². The van der Waals surface area contributed by atoms with Crippen LogP contribution in [-0.4, -0.2) is 53.0 Å². The molecule has 112 valence electrons. The number of hydrogen-bond acceptors (Lipinski definition) is 7. The summed E-state index contributed by atoms with van der Waals surface area (Å²) < 4.78 is 0. The number of rotatable bonds is 3. The fraction of sp³-hybridized carbons (Fsp3) is 0.385. The van der Waals surface area contributed by atoms with Gasteiger partial charge in [-0.15, -0.1) is 0 Å². The molecule has 1 unspecified atom stereocenters. The van der Waals surface area contributed by atoms with Gasteiger partial charge in [0, 0.05) is 12.1 Å². The zero-order chi connectivity index (χ0) is 15.0. The molecule has 1 fully saturated rings. The third-order valence-corrected chi connectivity index (χ3v) is 3.35. The molecule has 21 heavy (non-hydrogen) atoms. The normalized spacial score (nSPS) is 22.7. The van der Waals surface area contributed by atoms with Crippen molar-refractivity contribution in [2.75, 3.05) is 25.5 Å². The molecule has 1 atom stereocenters.